The summed E-state index contributed by atoms with van der Waals surface area (Å²) in [4.78, 5) is 25.9. The van der Waals surface area contributed by atoms with Gasteiger partial charge in [0.1, 0.15) is 11.7 Å². The maximum absolute atomic E-state index is 13.1. The van der Waals surface area contributed by atoms with Crippen LogP contribution in [-0.4, -0.2) is 36.7 Å². The summed E-state index contributed by atoms with van der Waals surface area (Å²) in [5.41, 5.74) is 7.31. The largest absolute Gasteiger partial charge is 0.369 e. The highest BCUT2D eigenvalue weighted by Crippen LogP contribution is 2.43. The number of benzene rings is 2. The lowest BCUT2D eigenvalue weighted by molar-refractivity contribution is -0.123. The van der Waals surface area contributed by atoms with Crippen molar-refractivity contribution in [1.82, 2.24) is 4.90 Å². The first-order valence-electron chi connectivity index (χ1n) is 10.8. The third-order valence-electron chi connectivity index (χ3n) is 6.28. The summed E-state index contributed by atoms with van der Waals surface area (Å²) in [6.07, 6.45) is 6.99. The number of likely N-dealkylation sites (tertiary alicyclic amines) is 1. The van der Waals surface area contributed by atoms with Gasteiger partial charge in [-0.25, -0.2) is 0 Å². The number of carbonyl (C=O) groups excluding carboxylic acids is 2. The molecule has 0 spiro atoms. The number of nitrogens with zero attached hydrogens (tertiary/aromatic N) is 1. The van der Waals surface area contributed by atoms with Crippen LogP contribution < -0.4 is 5.73 Å². The van der Waals surface area contributed by atoms with Crippen LogP contribution in [0.1, 0.15) is 49.7 Å². The standard InChI is InChI=1S/C25H32N2O2.ClH/c26-24(29)25(21-12-6-4-7-13-21,22-14-8-5-9-15-22)23-16-18-27(20-23)17-10-2-1-3-11-19-28;/h4-9,12-15,19,23H,1-3,10-11,16-18,20H2,(H2,26,29);1H/t23-;/m1./s1. The van der Waals surface area contributed by atoms with E-state index in [4.69, 9.17) is 5.73 Å². The van der Waals surface area contributed by atoms with Gasteiger partial charge in [0.2, 0.25) is 5.91 Å². The number of aldehydes is 1. The van der Waals surface area contributed by atoms with Crippen molar-refractivity contribution in [2.75, 3.05) is 19.6 Å². The smallest absolute Gasteiger partial charge is 0.232 e. The first-order chi connectivity index (χ1) is 14.2. The second kappa shape index (κ2) is 11.9. The van der Waals surface area contributed by atoms with E-state index in [-0.39, 0.29) is 24.2 Å². The van der Waals surface area contributed by atoms with Gasteiger partial charge in [-0.05, 0) is 49.4 Å². The van der Waals surface area contributed by atoms with Crippen LogP contribution in [0.4, 0.5) is 0 Å². The van der Waals surface area contributed by atoms with Crippen LogP contribution in [0, 0.1) is 5.92 Å². The number of hydrogen-bond donors (Lipinski definition) is 1. The highest BCUT2D eigenvalue weighted by molar-refractivity contribution is 5.91. The molecule has 0 bridgehead atoms. The van der Waals surface area contributed by atoms with Gasteiger partial charge in [-0.15, -0.1) is 12.4 Å². The van der Waals surface area contributed by atoms with Crippen molar-refractivity contribution in [2.24, 2.45) is 11.7 Å². The van der Waals surface area contributed by atoms with Crippen molar-refractivity contribution >= 4 is 24.6 Å². The summed E-state index contributed by atoms with van der Waals surface area (Å²) >= 11 is 0. The van der Waals surface area contributed by atoms with E-state index in [1.54, 1.807) is 0 Å². The van der Waals surface area contributed by atoms with Gasteiger partial charge in [0, 0.05) is 13.0 Å². The molecule has 1 fully saturated rings. The highest BCUT2D eigenvalue weighted by atomic mass is 35.5. The van der Waals surface area contributed by atoms with Crippen LogP contribution >= 0.6 is 12.4 Å². The number of primary amides is 1. The van der Waals surface area contributed by atoms with Crippen LogP contribution in [0.3, 0.4) is 0 Å². The van der Waals surface area contributed by atoms with Gasteiger partial charge in [0.15, 0.2) is 0 Å². The average Bonchev–Trinajstić information content (AvgIpc) is 3.21. The fourth-order valence-corrected chi connectivity index (χ4v) is 4.83. The number of nitrogens with two attached hydrogens (primary N) is 1. The second-order valence-electron chi connectivity index (χ2n) is 8.06. The fourth-order valence-electron chi connectivity index (χ4n) is 4.83. The topological polar surface area (TPSA) is 63.4 Å². The molecule has 0 saturated carbocycles. The van der Waals surface area contributed by atoms with Gasteiger partial charge in [0.05, 0.1) is 0 Å². The Labute approximate surface area is 186 Å². The Balaban J connectivity index is 0.00000320. The molecule has 2 N–H and O–H groups in total. The molecule has 0 aromatic heterocycles. The summed E-state index contributed by atoms with van der Waals surface area (Å²) in [6, 6.07) is 20.0. The molecule has 1 aliphatic heterocycles. The van der Waals surface area contributed by atoms with E-state index in [1.807, 2.05) is 60.7 Å². The average molecular weight is 429 g/mol. The Morgan fingerprint density at radius 3 is 2.07 bits per heavy atom. The van der Waals surface area contributed by atoms with Crippen molar-refractivity contribution in [3.05, 3.63) is 71.8 Å². The monoisotopic (exact) mass is 428 g/mol. The van der Waals surface area contributed by atoms with Crippen molar-refractivity contribution in [3.8, 4) is 0 Å². The molecule has 1 heterocycles. The summed E-state index contributed by atoms with van der Waals surface area (Å²) in [6.45, 7) is 2.91. The summed E-state index contributed by atoms with van der Waals surface area (Å²) in [5.74, 6) is -0.115. The van der Waals surface area contributed by atoms with Gasteiger partial charge in [0.25, 0.3) is 0 Å². The predicted octanol–water partition coefficient (Wildman–Crippen LogP) is 4.35. The first-order valence-corrected chi connectivity index (χ1v) is 10.8. The van der Waals surface area contributed by atoms with Gasteiger partial charge in [-0.2, -0.15) is 0 Å². The van der Waals surface area contributed by atoms with Crippen LogP contribution in [0.15, 0.2) is 60.7 Å². The Hall–Kier alpha value is -2.17. The number of hydrogen-bond acceptors (Lipinski definition) is 3. The molecule has 1 aliphatic rings. The van der Waals surface area contributed by atoms with Crippen LogP contribution in [0.5, 0.6) is 0 Å². The van der Waals surface area contributed by atoms with Crippen LogP contribution in [-0.2, 0) is 15.0 Å². The minimum atomic E-state index is -0.804. The van der Waals surface area contributed by atoms with Gasteiger partial charge in [-0.1, -0.05) is 73.5 Å². The molecule has 4 nitrogen and oxygen atoms in total. The highest BCUT2D eigenvalue weighted by Gasteiger charge is 2.49. The van der Waals surface area contributed by atoms with Gasteiger partial charge < -0.3 is 15.4 Å². The molecule has 2 aromatic rings. The minimum Gasteiger partial charge on any atom is -0.369 e. The summed E-state index contributed by atoms with van der Waals surface area (Å²) in [7, 11) is 0. The van der Waals surface area contributed by atoms with Crippen molar-refractivity contribution < 1.29 is 9.59 Å². The van der Waals surface area contributed by atoms with Crippen LogP contribution in [0.2, 0.25) is 0 Å². The Morgan fingerprint density at radius 2 is 1.53 bits per heavy atom. The SMILES string of the molecule is Cl.NC(=O)C(c1ccccc1)(c1ccccc1)[C@@H]1CCN(CCCCCCC=O)C1. The van der Waals surface area contributed by atoms with Crippen molar-refractivity contribution in [3.63, 3.8) is 0 Å². The maximum Gasteiger partial charge on any atom is 0.232 e. The molecule has 162 valence electrons. The van der Waals surface area contributed by atoms with E-state index in [2.05, 4.69) is 4.90 Å². The van der Waals surface area contributed by atoms with E-state index in [0.717, 1.165) is 69.2 Å². The lowest BCUT2D eigenvalue weighted by atomic mass is 9.64. The molecule has 0 unspecified atom stereocenters. The Bertz CT molecular complexity index is 743. The van der Waals surface area contributed by atoms with Crippen molar-refractivity contribution in [1.29, 1.82) is 0 Å². The Morgan fingerprint density at radius 1 is 0.967 bits per heavy atom. The van der Waals surface area contributed by atoms with Crippen LogP contribution in [0.25, 0.3) is 0 Å². The fraction of sp³-hybridized carbons (Fsp3) is 0.440. The van der Waals surface area contributed by atoms with E-state index < -0.39 is 5.41 Å². The zero-order chi connectivity index (χ0) is 20.5. The first kappa shape index (κ1) is 24.1. The molecular formula is C25H33ClN2O2. The zero-order valence-corrected chi connectivity index (χ0v) is 18.4. The molecule has 30 heavy (non-hydrogen) atoms. The van der Waals surface area contributed by atoms with E-state index in [0.29, 0.717) is 6.42 Å². The number of halogens is 1. The normalized spacial score (nSPS) is 16.7. The minimum absolute atomic E-state index is 0. The molecule has 0 radical (unpaired) electrons. The second-order valence-corrected chi connectivity index (χ2v) is 8.06. The van der Waals surface area contributed by atoms with E-state index >= 15 is 0 Å². The number of rotatable bonds is 11. The number of carbonyl (C=O) groups is 2. The maximum atomic E-state index is 13.1. The van der Waals surface area contributed by atoms with Gasteiger partial charge >= 0.3 is 0 Å². The molecule has 1 atom stereocenters. The number of amides is 1. The zero-order valence-electron chi connectivity index (χ0n) is 17.5. The molecule has 1 amide bonds. The number of unbranched alkanes of at least 4 members (excludes halogenated alkanes) is 4. The summed E-state index contributed by atoms with van der Waals surface area (Å²) < 4.78 is 0. The lowest BCUT2D eigenvalue weighted by Gasteiger charge is -2.37. The third kappa shape index (κ3) is 5.30. The quantitative estimate of drug-likeness (QED) is 0.427. The Kier molecular flexibility index (Phi) is 9.54. The molecular weight excluding hydrogens is 396 g/mol. The third-order valence-corrected chi connectivity index (χ3v) is 6.28. The molecule has 2 aromatic carbocycles. The van der Waals surface area contributed by atoms with E-state index in [1.165, 1.54) is 0 Å². The van der Waals surface area contributed by atoms with Crippen molar-refractivity contribution in [2.45, 2.75) is 43.9 Å². The van der Waals surface area contributed by atoms with Gasteiger partial charge in [-0.3, -0.25) is 4.79 Å². The predicted molar refractivity (Wildman–Crippen MR) is 124 cm³/mol. The molecule has 5 heteroatoms. The molecule has 3 rings (SSSR count). The molecule has 1 saturated heterocycles. The summed E-state index contributed by atoms with van der Waals surface area (Å²) in [5, 5.41) is 0. The molecule has 0 aliphatic carbocycles. The van der Waals surface area contributed by atoms with E-state index in [9.17, 15) is 9.59 Å². The lowest BCUT2D eigenvalue weighted by Crippen LogP contribution is -2.49.